The third kappa shape index (κ3) is 6.64. The van der Waals surface area contributed by atoms with Crippen molar-refractivity contribution in [1.82, 2.24) is 28.9 Å². The number of likely N-dealkylation sites (tertiary alicyclic amines) is 2. The molecule has 2 fully saturated rings. The summed E-state index contributed by atoms with van der Waals surface area (Å²) in [5.41, 5.74) is 1.25. The first-order valence-electron chi connectivity index (χ1n) is 15.9. The number of aliphatic hydroxyl groups is 1. The molecule has 1 amide bonds. The number of piperidine rings is 2. The molecule has 0 saturated carbocycles. The summed E-state index contributed by atoms with van der Waals surface area (Å²) in [4.78, 5) is 42.1. The predicted octanol–water partition coefficient (Wildman–Crippen LogP) is 5.07. The van der Waals surface area contributed by atoms with Gasteiger partial charge in [-0.25, -0.2) is 9.97 Å². The van der Waals surface area contributed by atoms with Crippen molar-refractivity contribution in [3.8, 4) is 11.4 Å². The number of benzene rings is 2. The number of hydrogen-bond donors (Lipinski definition) is 1. The first-order valence-corrected chi connectivity index (χ1v) is 17.5. The maximum Gasteiger partial charge on any atom is 0.262 e. The van der Waals surface area contributed by atoms with Crippen LogP contribution in [0.4, 0.5) is 0 Å². The molecule has 7 rings (SSSR count). The fraction of sp³-hybridized carbons (Fsp3) is 0.371. The van der Waals surface area contributed by atoms with Crippen LogP contribution in [-0.2, 0) is 17.9 Å². The lowest BCUT2D eigenvalue weighted by molar-refractivity contribution is -0.142. The van der Waals surface area contributed by atoms with Gasteiger partial charge in [-0.1, -0.05) is 36.4 Å². The number of nitrogens with zero attached hydrogens (tertiary/aromatic N) is 6. The van der Waals surface area contributed by atoms with Crippen molar-refractivity contribution in [1.29, 1.82) is 0 Å². The van der Waals surface area contributed by atoms with Crippen LogP contribution in [0.1, 0.15) is 35.6 Å². The van der Waals surface area contributed by atoms with Crippen LogP contribution in [-0.4, -0.2) is 78.8 Å². The van der Waals surface area contributed by atoms with E-state index >= 15 is 0 Å². The number of fused-ring (bicyclic) bond motifs is 1. The number of hydrogen-bond acceptors (Lipinski definition) is 8. The van der Waals surface area contributed by atoms with Crippen LogP contribution in [0.3, 0.4) is 0 Å². The highest BCUT2D eigenvalue weighted by Crippen LogP contribution is 2.36. The molecule has 0 aliphatic carbocycles. The normalized spacial score (nSPS) is 20.0. The van der Waals surface area contributed by atoms with Gasteiger partial charge in [0.05, 0.1) is 30.3 Å². The monoisotopic (exact) mass is 716 g/mol. The molecule has 1 N–H and O–H groups in total. The van der Waals surface area contributed by atoms with E-state index in [-0.39, 0.29) is 29.8 Å². The number of carbonyl (C=O) groups excluding carboxylic acids is 1. The van der Waals surface area contributed by atoms with Gasteiger partial charge in [0.15, 0.2) is 9.56 Å². The maximum atomic E-state index is 14.1. The van der Waals surface area contributed by atoms with Crippen molar-refractivity contribution in [2.45, 2.75) is 43.9 Å². The first kappa shape index (κ1) is 31.7. The van der Waals surface area contributed by atoms with Crippen LogP contribution >= 0.6 is 27.3 Å². The second-order valence-electron chi connectivity index (χ2n) is 12.6. The average molecular weight is 718 g/mol. The van der Waals surface area contributed by atoms with E-state index in [1.807, 2.05) is 64.3 Å². The van der Waals surface area contributed by atoms with E-state index in [9.17, 15) is 14.7 Å². The summed E-state index contributed by atoms with van der Waals surface area (Å²) in [7, 11) is 1.62. The molecule has 244 valence electrons. The SMILES string of the molecule is COc1cccc(-n2ccc3c(=O)n(CC4(O)CCN(C(=O)[C@@H]5CCN(Cc6cnc(Br)s6)C[C@H]5c5ccccc5)CC4)cnc32)c1. The van der Waals surface area contributed by atoms with E-state index in [1.165, 1.54) is 21.3 Å². The van der Waals surface area contributed by atoms with Crippen LogP contribution in [0.5, 0.6) is 5.75 Å². The minimum absolute atomic E-state index is 0.0790. The molecule has 0 bridgehead atoms. The van der Waals surface area contributed by atoms with Crippen molar-refractivity contribution >= 4 is 44.2 Å². The van der Waals surface area contributed by atoms with E-state index < -0.39 is 5.60 Å². The van der Waals surface area contributed by atoms with E-state index in [1.54, 1.807) is 24.5 Å². The quantitative estimate of drug-likeness (QED) is 0.239. The molecule has 47 heavy (non-hydrogen) atoms. The van der Waals surface area contributed by atoms with Gasteiger partial charge < -0.3 is 19.3 Å². The topological polar surface area (TPSA) is 106 Å². The zero-order valence-corrected chi connectivity index (χ0v) is 28.6. The fourth-order valence-corrected chi connectivity index (χ4v) is 8.46. The zero-order valence-electron chi connectivity index (χ0n) is 26.2. The Labute approximate surface area is 285 Å². The van der Waals surface area contributed by atoms with Gasteiger partial charge >= 0.3 is 0 Å². The summed E-state index contributed by atoms with van der Waals surface area (Å²) in [6, 6.07) is 19.7. The molecule has 3 aromatic heterocycles. The van der Waals surface area contributed by atoms with Crippen LogP contribution in [0, 0.1) is 5.92 Å². The van der Waals surface area contributed by atoms with Gasteiger partial charge in [0.2, 0.25) is 5.91 Å². The molecule has 0 spiro atoms. The van der Waals surface area contributed by atoms with E-state index in [0.717, 1.165) is 35.7 Å². The van der Waals surface area contributed by atoms with Crippen LogP contribution in [0.25, 0.3) is 16.7 Å². The predicted molar refractivity (Wildman–Crippen MR) is 185 cm³/mol. The Bertz CT molecular complexity index is 1930. The van der Waals surface area contributed by atoms with Crippen molar-refractivity contribution in [2.75, 3.05) is 33.3 Å². The van der Waals surface area contributed by atoms with Gasteiger partial charge in [-0.05, 0) is 65.5 Å². The number of aromatic nitrogens is 4. The van der Waals surface area contributed by atoms with Gasteiger partial charge in [-0.3, -0.25) is 19.1 Å². The summed E-state index contributed by atoms with van der Waals surface area (Å²) in [5.74, 6) is 0.817. The van der Waals surface area contributed by atoms with Gasteiger partial charge in [0.1, 0.15) is 12.1 Å². The molecule has 2 aromatic carbocycles. The Kier molecular flexibility index (Phi) is 9.01. The first-order chi connectivity index (χ1) is 22.8. The van der Waals surface area contributed by atoms with Crippen molar-refractivity contribution < 1.29 is 14.6 Å². The lowest BCUT2D eigenvalue weighted by atomic mass is 9.79. The molecule has 0 unspecified atom stereocenters. The second-order valence-corrected chi connectivity index (χ2v) is 15.0. The smallest absolute Gasteiger partial charge is 0.262 e. The summed E-state index contributed by atoms with van der Waals surface area (Å²) >= 11 is 5.11. The number of halogens is 1. The summed E-state index contributed by atoms with van der Waals surface area (Å²) in [5, 5.41) is 12.1. The third-order valence-electron chi connectivity index (χ3n) is 9.62. The molecule has 2 aliphatic heterocycles. The van der Waals surface area contributed by atoms with Crippen molar-refractivity contribution in [2.24, 2.45) is 5.92 Å². The van der Waals surface area contributed by atoms with Crippen LogP contribution in [0.2, 0.25) is 0 Å². The lowest BCUT2D eigenvalue weighted by Gasteiger charge is -2.43. The molecule has 5 aromatic rings. The molecule has 5 heterocycles. The summed E-state index contributed by atoms with van der Waals surface area (Å²) < 4.78 is 9.59. The van der Waals surface area contributed by atoms with Crippen LogP contribution in [0.15, 0.2) is 88.1 Å². The fourth-order valence-electron chi connectivity index (χ4n) is 7.06. The Morgan fingerprint density at radius 1 is 1.09 bits per heavy atom. The molecule has 12 heteroatoms. The summed E-state index contributed by atoms with van der Waals surface area (Å²) in [6.07, 6.45) is 6.81. The highest BCUT2D eigenvalue weighted by Gasteiger charge is 2.41. The Hall–Kier alpha value is -3.84. The maximum absolute atomic E-state index is 14.1. The van der Waals surface area contributed by atoms with E-state index in [0.29, 0.717) is 42.7 Å². The van der Waals surface area contributed by atoms with Crippen molar-refractivity contribution in [3.05, 3.63) is 104 Å². The zero-order chi connectivity index (χ0) is 32.5. The van der Waals surface area contributed by atoms with Gasteiger partial charge in [0, 0.05) is 61.4 Å². The Morgan fingerprint density at radius 2 is 1.89 bits per heavy atom. The number of carbonyl (C=O) groups is 1. The van der Waals surface area contributed by atoms with Gasteiger partial charge in [0.25, 0.3) is 5.56 Å². The molecule has 2 atom stereocenters. The minimum atomic E-state index is -1.11. The van der Waals surface area contributed by atoms with Gasteiger partial charge in [-0.15, -0.1) is 11.3 Å². The number of methoxy groups -OCH3 is 1. The molecular formula is C35H37BrN6O4S. The standard InChI is InChI=1S/C35H37BrN6O4S/c1-46-26-9-5-8-25(18-26)42-15-11-29-31(42)38-23-41(33(29)44)22-35(45)12-16-40(17-13-35)32(43)28-10-14-39(20-27-19-37-34(36)47-27)21-30(28)24-6-3-2-4-7-24/h2-9,11,15,18-19,23,28,30,45H,10,12-14,16-17,20-22H2,1H3/t28-,30+/m1/s1. The number of amides is 1. The molecule has 10 nitrogen and oxygen atoms in total. The highest BCUT2D eigenvalue weighted by molar-refractivity contribution is 9.11. The second kappa shape index (κ2) is 13.3. The molecular weight excluding hydrogens is 680 g/mol. The molecule has 2 aliphatic rings. The minimum Gasteiger partial charge on any atom is -0.497 e. The number of ether oxygens (including phenoxy) is 1. The molecule has 0 radical (unpaired) electrons. The number of rotatable bonds is 8. The van der Waals surface area contributed by atoms with Crippen LogP contribution < -0.4 is 10.3 Å². The van der Waals surface area contributed by atoms with Crippen molar-refractivity contribution in [3.63, 3.8) is 0 Å². The number of thiazole rings is 1. The molecule has 2 saturated heterocycles. The largest absolute Gasteiger partial charge is 0.497 e. The Morgan fingerprint density at radius 3 is 2.64 bits per heavy atom. The average Bonchev–Trinajstić information content (AvgIpc) is 3.72. The van der Waals surface area contributed by atoms with E-state index in [2.05, 4.69) is 42.9 Å². The Balaban J connectivity index is 1.03. The van der Waals surface area contributed by atoms with E-state index in [4.69, 9.17) is 4.74 Å². The highest BCUT2D eigenvalue weighted by atomic mass is 79.9. The lowest BCUT2D eigenvalue weighted by Crippen LogP contribution is -2.53. The summed E-state index contributed by atoms with van der Waals surface area (Å²) in [6.45, 7) is 3.47. The van der Waals surface area contributed by atoms with Gasteiger partial charge in [-0.2, -0.15) is 0 Å². The third-order valence-corrected chi connectivity index (χ3v) is 11.1.